The van der Waals surface area contributed by atoms with E-state index in [1.165, 1.54) is 4.90 Å². The summed E-state index contributed by atoms with van der Waals surface area (Å²) in [7, 11) is 3.59. The van der Waals surface area contributed by atoms with Crippen LogP contribution in [0.5, 0.6) is 0 Å². The Labute approximate surface area is 128 Å². The summed E-state index contributed by atoms with van der Waals surface area (Å²) in [5, 5.41) is -0.201. The Morgan fingerprint density at radius 2 is 2.05 bits per heavy atom. The van der Waals surface area contributed by atoms with E-state index < -0.39 is 0 Å². The number of nitrogens with zero attached hydrogens (tertiary/aromatic N) is 2. The Kier molecular flexibility index (Phi) is 4.90. The average molecular weight is 308 g/mol. The van der Waals surface area contributed by atoms with Crippen LogP contribution in [0.3, 0.4) is 0 Å². The van der Waals surface area contributed by atoms with Crippen molar-refractivity contribution in [3.05, 3.63) is 27.9 Å². The predicted octanol–water partition coefficient (Wildman–Crippen LogP) is 2.71. The van der Waals surface area contributed by atoms with Gasteiger partial charge in [0.05, 0.1) is 4.91 Å². The molecule has 1 aromatic rings. The Hall–Kier alpha value is -1.53. The fraction of sp³-hybridized carbons (Fsp3) is 0.467. The first-order valence-corrected chi connectivity index (χ1v) is 7.64. The zero-order valence-electron chi connectivity index (χ0n) is 12.8. The number of hydrogen-bond acceptors (Lipinski definition) is 4. The first-order valence-electron chi connectivity index (χ1n) is 6.83. The smallest absolute Gasteiger partial charge is 0.293 e. The Morgan fingerprint density at radius 1 is 1.33 bits per heavy atom. The number of carbonyl (C=O) groups is 2. The Morgan fingerprint density at radius 3 is 2.62 bits per heavy atom. The minimum atomic E-state index is -0.206. The molecule has 1 fully saturated rings. The second kappa shape index (κ2) is 6.49. The molecule has 0 atom stereocenters. The predicted molar refractivity (Wildman–Crippen MR) is 84.1 cm³/mol. The van der Waals surface area contributed by atoms with Crippen LogP contribution in [0.15, 0.2) is 11.0 Å². The summed E-state index contributed by atoms with van der Waals surface area (Å²) in [6.07, 6.45) is 2.47. The molecule has 21 heavy (non-hydrogen) atoms. The van der Waals surface area contributed by atoms with Crippen LogP contribution in [0.1, 0.15) is 23.4 Å². The SMILES string of the molecule is COCCCN1C(=O)S/C(=C/c2cc(C)n(C)c2C)C1=O. The van der Waals surface area contributed by atoms with E-state index in [9.17, 15) is 9.59 Å². The molecule has 0 saturated carbocycles. The number of aromatic nitrogens is 1. The summed E-state index contributed by atoms with van der Waals surface area (Å²) in [4.78, 5) is 26.0. The maximum absolute atomic E-state index is 12.3. The lowest BCUT2D eigenvalue weighted by Crippen LogP contribution is -2.29. The molecule has 0 spiro atoms. The lowest BCUT2D eigenvalue weighted by Gasteiger charge is -2.11. The van der Waals surface area contributed by atoms with Gasteiger partial charge in [-0.25, -0.2) is 0 Å². The topological polar surface area (TPSA) is 51.5 Å². The van der Waals surface area contributed by atoms with Crippen LogP contribution in [-0.4, -0.2) is 40.9 Å². The molecule has 0 N–H and O–H groups in total. The molecular formula is C15H20N2O3S. The number of ether oxygens (including phenoxy) is 1. The van der Waals surface area contributed by atoms with E-state index in [0.717, 1.165) is 28.7 Å². The van der Waals surface area contributed by atoms with Gasteiger partial charge in [-0.3, -0.25) is 14.5 Å². The third-order valence-corrected chi connectivity index (χ3v) is 4.61. The summed E-state index contributed by atoms with van der Waals surface area (Å²) in [6.45, 7) is 4.96. The van der Waals surface area contributed by atoms with E-state index in [2.05, 4.69) is 4.57 Å². The van der Waals surface area contributed by atoms with Gasteiger partial charge in [0.15, 0.2) is 0 Å². The number of amides is 2. The minimum Gasteiger partial charge on any atom is -0.385 e. The summed E-state index contributed by atoms with van der Waals surface area (Å²) in [5.74, 6) is -0.206. The number of carbonyl (C=O) groups excluding carboxylic acids is 2. The molecule has 0 aromatic carbocycles. The molecule has 1 aliphatic heterocycles. The summed E-state index contributed by atoms with van der Waals surface area (Å²) in [6, 6.07) is 2.02. The van der Waals surface area contributed by atoms with Crippen LogP contribution in [-0.2, 0) is 16.6 Å². The van der Waals surface area contributed by atoms with Gasteiger partial charge in [-0.2, -0.15) is 0 Å². The fourth-order valence-electron chi connectivity index (χ4n) is 2.23. The quantitative estimate of drug-likeness (QED) is 0.620. The van der Waals surface area contributed by atoms with Gasteiger partial charge >= 0.3 is 0 Å². The summed E-state index contributed by atoms with van der Waals surface area (Å²) in [5.41, 5.74) is 3.19. The average Bonchev–Trinajstić information content (AvgIpc) is 2.84. The normalized spacial score (nSPS) is 17.3. The monoisotopic (exact) mass is 308 g/mol. The standard InChI is InChI=1S/C15H20N2O3S/c1-10-8-12(11(2)16(10)3)9-13-14(18)17(15(19)21-13)6-5-7-20-4/h8-9H,5-7H2,1-4H3/b13-9+. The zero-order valence-corrected chi connectivity index (χ0v) is 13.6. The van der Waals surface area contributed by atoms with Crippen LogP contribution >= 0.6 is 11.8 Å². The van der Waals surface area contributed by atoms with Crippen LogP contribution < -0.4 is 0 Å². The van der Waals surface area contributed by atoms with E-state index >= 15 is 0 Å². The maximum Gasteiger partial charge on any atom is 0.293 e. The van der Waals surface area contributed by atoms with E-state index in [1.54, 1.807) is 7.11 Å². The van der Waals surface area contributed by atoms with Crippen molar-refractivity contribution < 1.29 is 14.3 Å². The van der Waals surface area contributed by atoms with Crippen LogP contribution in [0.25, 0.3) is 6.08 Å². The number of hydrogen-bond donors (Lipinski definition) is 0. The van der Waals surface area contributed by atoms with E-state index in [4.69, 9.17) is 4.74 Å². The number of imide groups is 1. The van der Waals surface area contributed by atoms with Crippen molar-refractivity contribution in [2.75, 3.05) is 20.3 Å². The van der Waals surface area contributed by atoms with Gasteiger partial charge in [0.1, 0.15) is 0 Å². The zero-order chi connectivity index (χ0) is 15.6. The van der Waals surface area contributed by atoms with Gasteiger partial charge in [-0.15, -0.1) is 0 Å². The molecule has 1 aromatic heterocycles. The minimum absolute atomic E-state index is 0.201. The van der Waals surface area contributed by atoms with Crippen molar-refractivity contribution in [3.63, 3.8) is 0 Å². The van der Waals surface area contributed by atoms with Gasteiger partial charge < -0.3 is 9.30 Å². The van der Waals surface area contributed by atoms with Crippen molar-refractivity contribution in [1.29, 1.82) is 0 Å². The van der Waals surface area contributed by atoms with Gasteiger partial charge in [-0.1, -0.05) is 0 Å². The molecule has 0 aliphatic carbocycles. The Bertz CT molecular complexity index is 604. The molecule has 2 heterocycles. The molecular weight excluding hydrogens is 288 g/mol. The van der Waals surface area contributed by atoms with Crippen molar-refractivity contribution in [3.8, 4) is 0 Å². The van der Waals surface area contributed by atoms with Gasteiger partial charge in [0.25, 0.3) is 11.1 Å². The highest BCUT2D eigenvalue weighted by atomic mass is 32.2. The number of aryl methyl sites for hydroxylation is 1. The lowest BCUT2D eigenvalue weighted by atomic mass is 10.2. The highest BCUT2D eigenvalue weighted by molar-refractivity contribution is 8.18. The van der Waals surface area contributed by atoms with E-state index in [-0.39, 0.29) is 11.1 Å². The second-order valence-electron chi connectivity index (χ2n) is 5.07. The molecule has 0 bridgehead atoms. The van der Waals surface area contributed by atoms with Gasteiger partial charge in [-0.05, 0) is 49.7 Å². The molecule has 1 saturated heterocycles. The lowest BCUT2D eigenvalue weighted by molar-refractivity contribution is -0.122. The molecule has 5 nitrogen and oxygen atoms in total. The van der Waals surface area contributed by atoms with Crippen molar-refractivity contribution in [2.45, 2.75) is 20.3 Å². The van der Waals surface area contributed by atoms with E-state index in [1.807, 2.05) is 33.0 Å². The van der Waals surface area contributed by atoms with Gasteiger partial charge in [0.2, 0.25) is 0 Å². The molecule has 2 rings (SSSR count). The highest BCUT2D eigenvalue weighted by Gasteiger charge is 2.34. The number of rotatable bonds is 5. The molecule has 0 unspecified atom stereocenters. The van der Waals surface area contributed by atoms with Crippen LogP contribution in [0.4, 0.5) is 4.79 Å². The van der Waals surface area contributed by atoms with Crippen molar-refractivity contribution in [2.24, 2.45) is 7.05 Å². The van der Waals surface area contributed by atoms with E-state index in [0.29, 0.717) is 24.5 Å². The highest BCUT2D eigenvalue weighted by Crippen LogP contribution is 2.33. The number of thioether (sulfide) groups is 1. The molecule has 114 valence electrons. The maximum atomic E-state index is 12.3. The van der Waals surface area contributed by atoms with Crippen LogP contribution in [0.2, 0.25) is 0 Å². The van der Waals surface area contributed by atoms with Crippen molar-refractivity contribution >= 4 is 29.0 Å². The Balaban J connectivity index is 2.18. The second-order valence-corrected chi connectivity index (χ2v) is 6.06. The molecule has 6 heteroatoms. The first-order chi connectivity index (χ1) is 9.95. The van der Waals surface area contributed by atoms with Gasteiger partial charge in [0, 0.05) is 38.7 Å². The van der Waals surface area contributed by atoms with Crippen molar-refractivity contribution in [1.82, 2.24) is 9.47 Å². The molecule has 1 aliphatic rings. The molecule has 2 amide bonds. The summed E-state index contributed by atoms with van der Waals surface area (Å²) < 4.78 is 7.02. The number of methoxy groups -OCH3 is 1. The molecule has 0 radical (unpaired) electrons. The third-order valence-electron chi connectivity index (χ3n) is 3.70. The largest absolute Gasteiger partial charge is 0.385 e. The summed E-state index contributed by atoms with van der Waals surface area (Å²) >= 11 is 1.01. The first kappa shape index (κ1) is 15.9. The van der Waals surface area contributed by atoms with Crippen LogP contribution in [0, 0.1) is 13.8 Å². The third kappa shape index (κ3) is 3.22. The fourth-order valence-corrected chi connectivity index (χ4v) is 3.09.